The van der Waals surface area contributed by atoms with Gasteiger partial charge in [0.05, 0.1) is 0 Å². The van der Waals surface area contributed by atoms with Gasteiger partial charge in [0.1, 0.15) is 5.78 Å². The Balaban J connectivity index is 3.13. The molecule has 2 nitrogen and oxygen atoms in total. The van der Waals surface area contributed by atoms with Gasteiger partial charge in [-0.3, -0.25) is 0 Å². The van der Waals surface area contributed by atoms with Crippen LogP contribution >= 0.6 is 0 Å². The van der Waals surface area contributed by atoms with Crippen molar-refractivity contribution < 1.29 is 9.22 Å². The summed E-state index contributed by atoms with van der Waals surface area (Å²) in [4.78, 5) is 10.6. The Morgan fingerprint density at radius 1 is 1.15 bits per heavy atom. The lowest BCUT2D eigenvalue weighted by Crippen LogP contribution is -2.25. The molecule has 13 heavy (non-hydrogen) atoms. The van der Waals surface area contributed by atoms with Crippen molar-refractivity contribution in [1.82, 2.24) is 0 Å². The second kappa shape index (κ2) is 6.32. The van der Waals surface area contributed by atoms with Crippen molar-refractivity contribution in [2.24, 2.45) is 0 Å². The van der Waals surface area contributed by atoms with Gasteiger partial charge in [0.2, 0.25) is 0 Å². The number of carbonyl (C=O) groups is 1. The van der Waals surface area contributed by atoms with Crippen LogP contribution in [-0.2, 0) is 9.22 Å². The van der Waals surface area contributed by atoms with E-state index in [2.05, 4.69) is 19.6 Å². The van der Waals surface area contributed by atoms with Crippen LogP contribution in [0.1, 0.15) is 32.6 Å². The lowest BCUT2D eigenvalue weighted by molar-refractivity contribution is -0.117. The highest BCUT2D eigenvalue weighted by Gasteiger charge is 2.12. The molecule has 0 saturated carbocycles. The molecule has 0 aliphatic heterocycles. The minimum Gasteiger partial charge on any atom is -0.418 e. The van der Waals surface area contributed by atoms with Gasteiger partial charge in [0, 0.05) is 13.0 Å². The molecular weight excluding hydrogens is 180 g/mol. The van der Waals surface area contributed by atoms with Crippen LogP contribution < -0.4 is 0 Å². The summed E-state index contributed by atoms with van der Waals surface area (Å²) in [6.07, 6.45) is 3.96. The summed E-state index contributed by atoms with van der Waals surface area (Å²) in [6, 6.07) is 0. The quantitative estimate of drug-likeness (QED) is 0.468. The molecule has 0 saturated heterocycles. The predicted molar refractivity (Wildman–Crippen MR) is 58.4 cm³/mol. The average molecular weight is 202 g/mol. The average Bonchev–Trinajstić information content (AvgIpc) is 1.93. The molecule has 0 bridgehead atoms. The van der Waals surface area contributed by atoms with E-state index in [1.54, 1.807) is 6.92 Å². The summed E-state index contributed by atoms with van der Waals surface area (Å²) < 4.78 is 5.69. The summed E-state index contributed by atoms with van der Waals surface area (Å²) >= 11 is 0. The van der Waals surface area contributed by atoms with Crippen LogP contribution in [0.5, 0.6) is 0 Å². The molecule has 0 aliphatic carbocycles. The second-order valence-corrected chi connectivity index (χ2v) is 8.99. The van der Waals surface area contributed by atoms with Crippen LogP contribution in [0.2, 0.25) is 19.6 Å². The number of hydrogen-bond donors (Lipinski definition) is 0. The van der Waals surface area contributed by atoms with Crippen molar-refractivity contribution in [2.75, 3.05) is 6.61 Å². The maximum absolute atomic E-state index is 10.6. The minimum atomic E-state index is -1.31. The molecule has 0 atom stereocenters. The lowest BCUT2D eigenvalue weighted by atomic mass is 10.1. The van der Waals surface area contributed by atoms with Crippen LogP contribution in [0, 0.1) is 0 Å². The third-order valence-corrected chi connectivity index (χ3v) is 2.78. The van der Waals surface area contributed by atoms with E-state index in [0.29, 0.717) is 5.78 Å². The van der Waals surface area contributed by atoms with Crippen LogP contribution in [0.4, 0.5) is 0 Å². The van der Waals surface area contributed by atoms with E-state index >= 15 is 0 Å². The summed E-state index contributed by atoms with van der Waals surface area (Å²) in [5.41, 5.74) is 0. The first-order chi connectivity index (χ1) is 5.92. The number of carbonyl (C=O) groups excluding carboxylic acids is 1. The lowest BCUT2D eigenvalue weighted by Gasteiger charge is -2.16. The Bertz CT molecular complexity index is 149. The normalized spacial score (nSPS) is 11.7. The van der Waals surface area contributed by atoms with E-state index in [1.807, 2.05) is 0 Å². The van der Waals surface area contributed by atoms with E-state index in [-0.39, 0.29) is 0 Å². The molecular formula is C10H22O2Si. The van der Waals surface area contributed by atoms with E-state index in [4.69, 9.17) is 4.43 Å². The third kappa shape index (κ3) is 11.8. The first-order valence-corrected chi connectivity index (χ1v) is 8.46. The maximum Gasteiger partial charge on any atom is 0.183 e. The molecule has 0 aromatic carbocycles. The molecule has 0 fully saturated rings. The standard InChI is InChI=1S/C10H22O2Si/c1-10(11)8-6-5-7-9-12-13(2,3)4/h5-9H2,1-4H3. The molecule has 0 aliphatic rings. The fraction of sp³-hybridized carbons (Fsp3) is 0.900. The zero-order chi connectivity index (χ0) is 10.3. The van der Waals surface area contributed by atoms with Crippen molar-refractivity contribution in [3.8, 4) is 0 Å². The van der Waals surface area contributed by atoms with Crippen LogP contribution in [0.3, 0.4) is 0 Å². The van der Waals surface area contributed by atoms with E-state index < -0.39 is 8.32 Å². The SMILES string of the molecule is CC(=O)CCCCCO[Si](C)(C)C. The largest absolute Gasteiger partial charge is 0.418 e. The van der Waals surface area contributed by atoms with Crippen molar-refractivity contribution in [2.45, 2.75) is 52.2 Å². The number of hydrogen-bond acceptors (Lipinski definition) is 2. The van der Waals surface area contributed by atoms with Gasteiger partial charge in [0.15, 0.2) is 8.32 Å². The fourth-order valence-corrected chi connectivity index (χ4v) is 1.79. The van der Waals surface area contributed by atoms with Crippen molar-refractivity contribution >= 4 is 14.1 Å². The zero-order valence-corrected chi connectivity index (χ0v) is 10.4. The molecule has 0 amide bonds. The van der Waals surface area contributed by atoms with Gasteiger partial charge in [-0.05, 0) is 39.4 Å². The molecule has 0 N–H and O–H groups in total. The topological polar surface area (TPSA) is 26.3 Å². The van der Waals surface area contributed by atoms with Crippen molar-refractivity contribution in [3.05, 3.63) is 0 Å². The highest BCUT2D eigenvalue weighted by Crippen LogP contribution is 2.06. The van der Waals surface area contributed by atoms with E-state index in [9.17, 15) is 4.79 Å². The Morgan fingerprint density at radius 3 is 2.23 bits per heavy atom. The summed E-state index contributed by atoms with van der Waals surface area (Å²) in [5.74, 6) is 0.297. The monoisotopic (exact) mass is 202 g/mol. The summed E-state index contributed by atoms with van der Waals surface area (Å²) in [7, 11) is -1.31. The smallest absolute Gasteiger partial charge is 0.183 e. The first kappa shape index (κ1) is 12.8. The minimum absolute atomic E-state index is 0.297. The summed E-state index contributed by atoms with van der Waals surface area (Å²) in [5, 5.41) is 0. The number of Topliss-reactive ketones (excluding diaryl/α,β-unsaturated/α-hetero) is 1. The van der Waals surface area contributed by atoms with Crippen molar-refractivity contribution in [3.63, 3.8) is 0 Å². The maximum atomic E-state index is 10.6. The number of ketones is 1. The molecule has 0 aromatic heterocycles. The molecule has 0 unspecified atom stereocenters. The van der Waals surface area contributed by atoms with Crippen LogP contribution in [-0.4, -0.2) is 20.7 Å². The van der Waals surface area contributed by atoms with E-state index in [0.717, 1.165) is 32.3 Å². The Morgan fingerprint density at radius 2 is 1.77 bits per heavy atom. The number of unbranched alkanes of at least 4 members (excludes halogenated alkanes) is 2. The Kier molecular flexibility index (Phi) is 6.25. The van der Waals surface area contributed by atoms with Gasteiger partial charge < -0.3 is 9.22 Å². The fourth-order valence-electron chi connectivity index (χ4n) is 1.03. The van der Waals surface area contributed by atoms with Gasteiger partial charge in [-0.15, -0.1) is 0 Å². The molecule has 3 heteroatoms. The Labute approximate surface area is 82.8 Å². The Hall–Kier alpha value is -0.153. The van der Waals surface area contributed by atoms with Gasteiger partial charge in [-0.25, -0.2) is 0 Å². The molecule has 0 heterocycles. The third-order valence-electron chi connectivity index (χ3n) is 1.71. The first-order valence-electron chi connectivity index (χ1n) is 5.05. The van der Waals surface area contributed by atoms with Crippen molar-refractivity contribution in [1.29, 1.82) is 0 Å². The summed E-state index contributed by atoms with van der Waals surface area (Å²) in [6.45, 7) is 9.11. The van der Waals surface area contributed by atoms with Gasteiger partial charge in [-0.1, -0.05) is 6.42 Å². The highest BCUT2D eigenvalue weighted by molar-refractivity contribution is 6.69. The number of rotatable bonds is 7. The molecule has 0 spiro atoms. The van der Waals surface area contributed by atoms with Gasteiger partial charge in [0.25, 0.3) is 0 Å². The van der Waals surface area contributed by atoms with Crippen LogP contribution in [0.25, 0.3) is 0 Å². The predicted octanol–water partition coefficient (Wildman–Crippen LogP) is 2.99. The molecule has 0 aromatic rings. The van der Waals surface area contributed by atoms with Gasteiger partial charge >= 0.3 is 0 Å². The highest BCUT2D eigenvalue weighted by atomic mass is 28.4. The molecule has 0 rings (SSSR count). The van der Waals surface area contributed by atoms with E-state index in [1.165, 1.54) is 0 Å². The molecule has 0 radical (unpaired) electrons. The molecule has 78 valence electrons. The van der Waals surface area contributed by atoms with Crippen LogP contribution in [0.15, 0.2) is 0 Å². The second-order valence-electron chi connectivity index (χ2n) is 4.47. The zero-order valence-electron chi connectivity index (χ0n) is 9.35. The van der Waals surface area contributed by atoms with Gasteiger partial charge in [-0.2, -0.15) is 0 Å².